The normalized spacial score (nSPS) is 24.4. The molecular weight excluding hydrogens is 270 g/mol. The molecule has 0 bridgehead atoms. The molecule has 0 aromatic carbocycles. The molecule has 1 saturated carbocycles. The summed E-state index contributed by atoms with van der Waals surface area (Å²) >= 11 is 0. The fraction of sp³-hybridized carbons (Fsp3) is 0.867. The van der Waals surface area contributed by atoms with Gasteiger partial charge in [-0.15, -0.1) is 0 Å². The van der Waals surface area contributed by atoms with Crippen LogP contribution < -0.4 is 5.32 Å². The highest BCUT2D eigenvalue weighted by molar-refractivity contribution is 5.74. The fourth-order valence-electron chi connectivity index (χ4n) is 3.42. The molecule has 1 heterocycles. The number of likely N-dealkylation sites (N-methyl/N-ethyl adjacent to an activating group) is 2. The van der Waals surface area contributed by atoms with E-state index in [2.05, 4.69) is 17.3 Å². The van der Waals surface area contributed by atoms with E-state index < -0.39 is 5.97 Å². The molecule has 1 aliphatic carbocycles. The Morgan fingerprint density at radius 2 is 2.10 bits per heavy atom. The number of carboxylic acids is 1. The number of hydrogen-bond acceptors (Lipinski definition) is 3. The lowest BCUT2D eigenvalue weighted by Crippen LogP contribution is -2.49. The number of rotatable bonds is 6. The number of likely N-dealkylation sites (tertiary alicyclic amines) is 1. The molecule has 6 nitrogen and oxygen atoms in total. The topological polar surface area (TPSA) is 72.9 Å². The Morgan fingerprint density at radius 1 is 1.38 bits per heavy atom. The molecule has 2 aliphatic rings. The maximum absolute atomic E-state index is 12.2. The van der Waals surface area contributed by atoms with Crippen LogP contribution in [0, 0.1) is 5.41 Å². The molecule has 2 rings (SSSR count). The molecule has 6 heteroatoms. The van der Waals surface area contributed by atoms with Crippen molar-refractivity contribution in [3.8, 4) is 0 Å². The predicted octanol–water partition coefficient (Wildman–Crippen LogP) is 1.37. The van der Waals surface area contributed by atoms with E-state index in [4.69, 9.17) is 5.11 Å². The van der Waals surface area contributed by atoms with Gasteiger partial charge in [0.15, 0.2) is 0 Å². The zero-order chi connectivity index (χ0) is 15.5. The summed E-state index contributed by atoms with van der Waals surface area (Å²) in [6.07, 6.45) is 5.34. The van der Waals surface area contributed by atoms with Crippen molar-refractivity contribution in [3.63, 3.8) is 0 Å². The second kappa shape index (κ2) is 6.64. The first-order valence-corrected chi connectivity index (χ1v) is 7.83. The van der Waals surface area contributed by atoms with Crippen molar-refractivity contribution in [2.24, 2.45) is 5.41 Å². The van der Waals surface area contributed by atoms with Crippen molar-refractivity contribution in [3.05, 3.63) is 0 Å². The van der Waals surface area contributed by atoms with Gasteiger partial charge in [-0.05, 0) is 44.7 Å². The molecule has 1 saturated heterocycles. The highest BCUT2D eigenvalue weighted by Gasteiger charge is 2.39. The van der Waals surface area contributed by atoms with Gasteiger partial charge in [-0.25, -0.2) is 4.79 Å². The minimum atomic E-state index is -0.773. The maximum atomic E-state index is 12.2. The van der Waals surface area contributed by atoms with Gasteiger partial charge in [-0.1, -0.05) is 6.42 Å². The van der Waals surface area contributed by atoms with Crippen molar-refractivity contribution in [2.45, 2.75) is 44.6 Å². The molecule has 1 atom stereocenters. The third-order valence-electron chi connectivity index (χ3n) is 5.06. The minimum absolute atomic E-state index is 0.0908. The van der Waals surface area contributed by atoms with Gasteiger partial charge in [0, 0.05) is 26.2 Å². The molecule has 120 valence electrons. The number of urea groups is 1. The molecule has 2 fully saturated rings. The molecule has 1 aliphatic heterocycles. The second-order valence-electron chi connectivity index (χ2n) is 6.74. The zero-order valence-electron chi connectivity index (χ0n) is 13.1. The molecular formula is C15H27N3O3. The Labute approximate surface area is 126 Å². The van der Waals surface area contributed by atoms with Gasteiger partial charge < -0.3 is 20.2 Å². The number of carbonyl (C=O) groups is 2. The summed E-state index contributed by atoms with van der Waals surface area (Å²) in [5.41, 5.74) is -0.216. The fourth-order valence-corrected chi connectivity index (χ4v) is 3.42. The van der Waals surface area contributed by atoms with Crippen LogP contribution in [0.4, 0.5) is 4.79 Å². The smallest absolute Gasteiger partial charge is 0.317 e. The van der Waals surface area contributed by atoms with Crippen LogP contribution in [-0.2, 0) is 4.79 Å². The third kappa shape index (κ3) is 4.09. The van der Waals surface area contributed by atoms with Gasteiger partial charge >= 0.3 is 12.0 Å². The summed E-state index contributed by atoms with van der Waals surface area (Å²) in [7, 11) is 3.91. The largest absolute Gasteiger partial charge is 0.481 e. The summed E-state index contributed by atoms with van der Waals surface area (Å²) in [5, 5.41) is 11.9. The summed E-state index contributed by atoms with van der Waals surface area (Å²) in [6.45, 7) is 2.30. The van der Waals surface area contributed by atoms with Crippen LogP contribution in [0.1, 0.15) is 38.5 Å². The molecule has 0 spiro atoms. The number of amides is 2. The van der Waals surface area contributed by atoms with Crippen LogP contribution in [0.25, 0.3) is 0 Å². The molecule has 0 aromatic heterocycles. The number of nitrogens with one attached hydrogen (secondary N) is 1. The Kier molecular flexibility index (Phi) is 5.08. The van der Waals surface area contributed by atoms with Gasteiger partial charge in [-0.3, -0.25) is 4.79 Å². The van der Waals surface area contributed by atoms with E-state index in [9.17, 15) is 9.59 Å². The summed E-state index contributed by atoms with van der Waals surface area (Å²) in [6, 6.07) is 0.351. The Hall–Kier alpha value is -1.30. The molecule has 0 aromatic rings. The number of hydrogen-bond donors (Lipinski definition) is 2. The number of carbonyl (C=O) groups excluding carboxylic acids is 1. The zero-order valence-corrected chi connectivity index (χ0v) is 13.1. The van der Waals surface area contributed by atoms with E-state index in [1.165, 1.54) is 6.42 Å². The summed E-state index contributed by atoms with van der Waals surface area (Å²) in [5.74, 6) is -0.773. The van der Waals surface area contributed by atoms with E-state index in [1.54, 1.807) is 4.90 Å². The van der Waals surface area contributed by atoms with E-state index in [1.807, 2.05) is 7.05 Å². The van der Waals surface area contributed by atoms with Gasteiger partial charge in [0.1, 0.15) is 0 Å². The van der Waals surface area contributed by atoms with Crippen LogP contribution in [0.5, 0.6) is 0 Å². The minimum Gasteiger partial charge on any atom is -0.481 e. The monoisotopic (exact) mass is 297 g/mol. The van der Waals surface area contributed by atoms with Crippen molar-refractivity contribution in [1.82, 2.24) is 15.1 Å². The quantitative estimate of drug-likeness (QED) is 0.776. The SMILES string of the molecule is CN(CC1CCCN1C)C(=O)NCC1(CC(=O)O)CCC1. The summed E-state index contributed by atoms with van der Waals surface area (Å²) in [4.78, 5) is 27.1. The third-order valence-corrected chi connectivity index (χ3v) is 5.06. The molecule has 1 unspecified atom stereocenters. The Bertz CT molecular complexity index is 396. The lowest BCUT2D eigenvalue weighted by Gasteiger charge is -2.41. The highest BCUT2D eigenvalue weighted by atomic mass is 16.4. The van der Waals surface area contributed by atoms with Crippen LogP contribution in [0.3, 0.4) is 0 Å². The van der Waals surface area contributed by atoms with Gasteiger partial charge in [0.05, 0.1) is 6.42 Å². The van der Waals surface area contributed by atoms with Crippen molar-refractivity contribution >= 4 is 12.0 Å². The lowest BCUT2D eigenvalue weighted by atomic mass is 9.66. The molecule has 2 N–H and O–H groups in total. The van der Waals surface area contributed by atoms with Crippen molar-refractivity contribution < 1.29 is 14.7 Å². The van der Waals surface area contributed by atoms with E-state index in [0.29, 0.717) is 12.6 Å². The lowest BCUT2D eigenvalue weighted by molar-refractivity contribution is -0.141. The van der Waals surface area contributed by atoms with E-state index >= 15 is 0 Å². The van der Waals surface area contributed by atoms with Gasteiger partial charge in [0.2, 0.25) is 0 Å². The van der Waals surface area contributed by atoms with Gasteiger partial charge in [0.25, 0.3) is 0 Å². The standard InChI is InChI=1S/C15H27N3O3/c1-17-8-3-5-12(17)10-18(2)14(21)16-11-15(6-4-7-15)9-13(19)20/h12H,3-11H2,1-2H3,(H,16,21)(H,19,20). The molecule has 21 heavy (non-hydrogen) atoms. The van der Waals surface area contributed by atoms with Crippen LogP contribution in [0.2, 0.25) is 0 Å². The Balaban J connectivity index is 1.76. The second-order valence-corrected chi connectivity index (χ2v) is 6.74. The van der Waals surface area contributed by atoms with E-state index in [0.717, 1.165) is 38.8 Å². The predicted molar refractivity (Wildman–Crippen MR) is 80.2 cm³/mol. The van der Waals surface area contributed by atoms with E-state index in [-0.39, 0.29) is 17.9 Å². The average Bonchev–Trinajstić information content (AvgIpc) is 2.77. The molecule has 0 radical (unpaired) electrons. The Morgan fingerprint density at radius 3 is 2.57 bits per heavy atom. The van der Waals surface area contributed by atoms with Crippen molar-refractivity contribution in [2.75, 3.05) is 33.7 Å². The first-order valence-electron chi connectivity index (χ1n) is 7.83. The first kappa shape index (κ1) is 16.1. The average molecular weight is 297 g/mol. The first-order chi connectivity index (χ1) is 9.92. The number of carboxylic acid groups (broad SMARTS) is 1. The van der Waals surface area contributed by atoms with Crippen LogP contribution in [0.15, 0.2) is 0 Å². The number of aliphatic carboxylic acids is 1. The van der Waals surface area contributed by atoms with Gasteiger partial charge in [-0.2, -0.15) is 0 Å². The molecule has 2 amide bonds. The van der Waals surface area contributed by atoms with Crippen molar-refractivity contribution in [1.29, 1.82) is 0 Å². The maximum Gasteiger partial charge on any atom is 0.317 e. The number of nitrogens with zero attached hydrogens (tertiary/aromatic N) is 2. The highest BCUT2D eigenvalue weighted by Crippen LogP contribution is 2.43. The summed E-state index contributed by atoms with van der Waals surface area (Å²) < 4.78 is 0. The van der Waals surface area contributed by atoms with Crippen LogP contribution in [-0.4, -0.2) is 66.7 Å². The van der Waals surface area contributed by atoms with Crippen LogP contribution >= 0.6 is 0 Å².